The van der Waals surface area contributed by atoms with E-state index in [9.17, 15) is 13.2 Å². The molecule has 0 bridgehead atoms. The molecule has 0 aromatic heterocycles. The van der Waals surface area contributed by atoms with Crippen LogP contribution in [0.25, 0.3) is 0 Å². The predicted molar refractivity (Wildman–Crippen MR) is 43.8 cm³/mol. The highest BCUT2D eigenvalue weighted by atomic mass is 79.9. The van der Waals surface area contributed by atoms with Crippen molar-refractivity contribution in [3.05, 3.63) is 33.5 Å². The van der Waals surface area contributed by atoms with Crippen LogP contribution in [0.3, 0.4) is 0 Å². The van der Waals surface area contributed by atoms with Gasteiger partial charge in [-0.15, -0.1) is 0 Å². The van der Waals surface area contributed by atoms with E-state index in [0.717, 1.165) is 6.07 Å². The molecule has 0 aliphatic rings. The van der Waals surface area contributed by atoms with Crippen LogP contribution in [0, 0.1) is 17.1 Å². The Labute approximate surface area is 80.9 Å². The van der Waals surface area contributed by atoms with E-state index in [2.05, 4.69) is 15.9 Å². The van der Waals surface area contributed by atoms with Gasteiger partial charge in [-0.05, 0) is 28.1 Å². The molecule has 0 atom stereocenters. The third-order valence-electron chi connectivity index (χ3n) is 1.47. The molecular formula is C8H3BrF3N. The second kappa shape index (κ2) is 3.79. The Hall–Kier alpha value is -1.02. The zero-order chi connectivity index (χ0) is 10.0. The van der Waals surface area contributed by atoms with Crippen molar-refractivity contribution in [1.29, 1.82) is 5.26 Å². The van der Waals surface area contributed by atoms with E-state index in [4.69, 9.17) is 5.26 Å². The molecule has 68 valence electrons. The van der Waals surface area contributed by atoms with E-state index in [0.29, 0.717) is 0 Å². The average Bonchev–Trinajstić information content (AvgIpc) is 2.04. The summed E-state index contributed by atoms with van der Waals surface area (Å²) in [6.45, 7) is 0. The lowest BCUT2D eigenvalue weighted by Crippen LogP contribution is -1.95. The monoisotopic (exact) mass is 249 g/mol. The summed E-state index contributed by atoms with van der Waals surface area (Å²) < 4.78 is 37.5. The van der Waals surface area contributed by atoms with Gasteiger partial charge in [0.2, 0.25) is 0 Å². The first kappa shape index (κ1) is 10.1. The lowest BCUT2D eigenvalue weighted by atomic mass is 10.1. The van der Waals surface area contributed by atoms with E-state index in [1.54, 1.807) is 0 Å². The Morgan fingerprint density at radius 3 is 2.46 bits per heavy atom. The lowest BCUT2D eigenvalue weighted by Gasteiger charge is -2.03. The van der Waals surface area contributed by atoms with Crippen LogP contribution in [0.2, 0.25) is 0 Å². The second-order valence-corrected chi connectivity index (χ2v) is 3.09. The van der Waals surface area contributed by atoms with Crippen LogP contribution in [0.1, 0.15) is 17.6 Å². The Balaban J connectivity index is 3.38. The molecule has 0 N–H and O–H groups in total. The van der Waals surface area contributed by atoms with Gasteiger partial charge in [0.05, 0.1) is 5.56 Å². The maximum atomic E-state index is 13.1. The first-order valence-corrected chi connectivity index (χ1v) is 4.03. The van der Waals surface area contributed by atoms with Gasteiger partial charge in [0.1, 0.15) is 11.6 Å². The smallest absolute Gasteiger partial charge is 0.205 e. The first-order valence-electron chi connectivity index (χ1n) is 3.24. The fourth-order valence-electron chi connectivity index (χ4n) is 0.840. The molecule has 13 heavy (non-hydrogen) atoms. The number of rotatable bonds is 1. The fraction of sp³-hybridized carbons (Fsp3) is 0.125. The molecule has 0 spiro atoms. The Bertz CT molecular complexity index is 370. The normalized spacial score (nSPS) is 10.2. The van der Waals surface area contributed by atoms with Crippen LogP contribution in [-0.2, 0) is 0 Å². The van der Waals surface area contributed by atoms with Crippen molar-refractivity contribution in [2.24, 2.45) is 0 Å². The summed E-state index contributed by atoms with van der Waals surface area (Å²) >= 11 is 2.88. The third-order valence-corrected chi connectivity index (χ3v) is 2.13. The standard InChI is InChI=1S/C8H3BrF3N/c9-6-2-1-4(8(11)12)7(10)5(6)3-13/h1-2,8H. The molecule has 0 amide bonds. The van der Waals surface area contributed by atoms with Gasteiger partial charge in [-0.2, -0.15) is 5.26 Å². The van der Waals surface area contributed by atoms with Crippen LogP contribution in [0.4, 0.5) is 13.2 Å². The van der Waals surface area contributed by atoms with Crippen molar-refractivity contribution < 1.29 is 13.2 Å². The number of benzene rings is 1. The van der Waals surface area contributed by atoms with Crippen molar-refractivity contribution in [2.75, 3.05) is 0 Å². The topological polar surface area (TPSA) is 23.8 Å². The molecule has 1 aromatic rings. The largest absolute Gasteiger partial charge is 0.266 e. The van der Waals surface area contributed by atoms with Crippen molar-refractivity contribution in [3.63, 3.8) is 0 Å². The molecular weight excluding hydrogens is 247 g/mol. The van der Waals surface area contributed by atoms with E-state index >= 15 is 0 Å². The molecule has 1 aromatic carbocycles. The average molecular weight is 250 g/mol. The zero-order valence-electron chi connectivity index (χ0n) is 6.19. The molecule has 0 heterocycles. The van der Waals surface area contributed by atoms with E-state index in [1.165, 1.54) is 12.1 Å². The van der Waals surface area contributed by atoms with Gasteiger partial charge in [0.15, 0.2) is 5.82 Å². The summed E-state index contributed by atoms with van der Waals surface area (Å²) in [5, 5.41) is 8.44. The van der Waals surface area contributed by atoms with Crippen molar-refractivity contribution >= 4 is 15.9 Å². The van der Waals surface area contributed by atoms with Gasteiger partial charge in [-0.3, -0.25) is 0 Å². The second-order valence-electron chi connectivity index (χ2n) is 2.24. The maximum absolute atomic E-state index is 13.1. The Morgan fingerprint density at radius 1 is 1.38 bits per heavy atom. The van der Waals surface area contributed by atoms with Crippen LogP contribution >= 0.6 is 15.9 Å². The van der Waals surface area contributed by atoms with Crippen LogP contribution < -0.4 is 0 Å². The highest BCUT2D eigenvalue weighted by molar-refractivity contribution is 9.10. The predicted octanol–water partition coefficient (Wildman–Crippen LogP) is 3.40. The van der Waals surface area contributed by atoms with Gasteiger partial charge >= 0.3 is 0 Å². The molecule has 0 aliphatic carbocycles. The van der Waals surface area contributed by atoms with Gasteiger partial charge < -0.3 is 0 Å². The number of nitriles is 1. The zero-order valence-corrected chi connectivity index (χ0v) is 7.78. The number of alkyl halides is 2. The maximum Gasteiger partial charge on any atom is 0.266 e. The van der Waals surface area contributed by atoms with Crippen LogP contribution in [0.5, 0.6) is 0 Å². The Morgan fingerprint density at radius 2 is 2.00 bits per heavy atom. The highest BCUT2D eigenvalue weighted by Gasteiger charge is 2.18. The fourth-order valence-corrected chi connectivity index (χ4v) is 1.23. The minimum atomic E-state index is -2.90. The minimum absolute atomic E-state index is 0.178. The van der Waals surface area contributed by atoms with Crippen molar-refractivity contribution in [2.45, 2.75) is 6.43 Å². The molecule has 0 fully saturated rings. The summed E-state index contributed by atoms with van der Waals surface area (Å²) in [5.74, 6) is -1.16. The van der Waals surface area contributed by atoms with Gasteiger partial charge in [-0.25, -0.2) is 13.2 Å². The number of hydrogen-bond donors (Lipinski definition) is 0. The van der Waals surface area contributed by atoms with Crippen LogP contribution in [0.15, 0.2) is 16.6 Å². The molecule has 5 heteroatoms. The summed E-state index contributed by atoms with van der Waals surface area (Å²) in [4.78, 5) is 0. The number of halogens is 4. The molecule has 1 rings (SSSR count). The number of nitrogens with zero attached hydrogens (tertiary/aromatic N) is 1. The summed E-state index contributed by atoms with van der Waals surface area (Å²) in [6.07, 6.45) is -2.90. The lowest BCUT2D eigenvalue weighted by molar-refractivity contribution is 0.146. The summed E-state index contributed by atoms with van der Waals surface area (Å²) in [6, 6.07) is 3.68. The quantitative estimate of drug-likeness (QED) is 0.749. The minimum Gasteiger partial charge on any atom is -0.205 e. The molecule has 0 radical (unpaired) electrons. The van der Waals surface area contributed by atoms with Gasteiger partial charge in [0, 0.05) is 4.47 Å². The molecule has 0 unspecified atom stereocenters. The number of hydrogen-bond acceptors (Lipinski definition) is 1. The van der Waals surface area contributed by atoms with Gasteiger partial charge in [-0.1, -0.05) is 0 Å². The molecule has 0 aliphatic heterocycles. The molecule has 1 nitrogen and oxygen atoms in total. The summed E-state index contributed by atoms with van der Waals surface area (Å²) in [5.41, 5.74) is -1.14. The Kier molecular flexibility index (Phi) is 2.94. The van der Waals surface area contributed by atoms with E-state index < -0.39 is 23.4 Å². The first-order chi connectivity index (χ1) is 6.07. The van der Waals surface area contributed by atoms with E-state index in [1.807, 2.05) is 0 Å². The van der Waals surface area contributed by atoms with Gasteiger partial charge in [0.25, 0.3) is 6.43 Å². The van der Waals surface area contributed by atoms with Crippen LogP contribution in [-0.4, -0.2) is 0 Å². The third kappa shape index (κ3) is 1.83. The van der Waals surface area contributed by atoms with Crippen molar-refractivity contribution in [1.82, 2.24) is 0 Å². The SMILES string of the molecule is N#Cc1c(Br)ccc(C(F)F)c1F. The molecule has 0 saturated carbocycles. The highest BCUT2D eigenvalue weighted by Crippen LogP contribution is 2.28. The van der Waals surface area contributed by atoms with E-state index in [-0.39, 0.29) is 4.47 Å². The molecule has 0 saturated heterocycles. The summed E-state index contributed by atoms with van der Waals surface area (Å²) in [7, 11) is 0. The van der Waals surface area contributed by atoms with Crippen molar-refractivity contribution in [3.8, 4) is 6.07 Å².